The molecule has 124 valence electrons. The van der Waals surface area contributed by atoms with E-state index in [0.717, 1.165) is 17.8 Å². The van der Waals surface area contributed by atoms with E-state index >= 15 is 0 Å². The molecule has 2 aliphatic heterocycles. The Morgan fingerprint density at radius 3 is 2.78 bits per heavy atom. The van der Waals surface area contributed by atoms with Crippen LogP contribution in [0.3, 0.4) is 0 Å². The maximum absolute atomic E-state index is 12.2. The van der Waals surface area contributed by atoms with E-state index in [1.165, 1.54) is 17.5 Å². The van der Waals surface area contributed by atoms with Gasteiger partial charge < -0.3 is 15.4 Å². The number of methoxy groups -OCH3 is 1. The molecule has 0 aliphatic carbocycles. The highest BCUT2D eigenvalue weighted by Crippen LogP contribution is 2.35. The number of nitrogens with one attached hydrogen (secondary N) is 2. The summed E-state index contributed by atoms with van der Waals surface area (Å²) in [6.07, 6.45) is 3.02. The molecule has 1 fully saturated rings. The lowest BCUT2D eigenvalue weighted by atomic mass is 10.2. The number of nitrogens with zero attached hydrogens (tertiary/aromatic N) is 1. The monoisotopic (exact) mass is 337 g/mol. The van der Waals surface area contributed by atoms with Gasteiger partial charge in [-0.05, 0) is 25.0 Å². The first kappa shape index (κ1) is 15.7. The predicted molar refractivity (Wildman–Crippen MR) is 88.1 cm³/mol. The van der Waals surface area contributed by atoms with Crippen molar-refractivity contribution in [2.75, 3.05) is 35.6 Å². The standard InChI is InChI=1S/C15H19N3O4S/c1-22-14-8-11(17-12-9-15(19)16-10-12)4-5-13(14)18-6-2-3-7-23(18,20)21/h4-5,8-9,17H,2-3,6-7,10H2,1H3,(H,16,19). The summed E-state index contributed by atoms with van der Waals surface area (Å²) in [5.74, 6) is 0.519. The molecule has 0 radical (unpaired) electrons. The molecular formula is C15H19N3O4S. The maximum atomic E-state index is 12.2. The normalized spacial score (nSPS) is 20.0. The van der Waals surface area contributed by atoms with E-state index < -0.39 is 10.0 Å². The van der Waals surface area contributed by atoms with Gasteiger partial charge in [-0.25, -0.2) is 8.42 Å². The Hall–Kier alpha value is -2.22. The molecule has 23 heavy (non-hydrogen) atoms. The number of amides is 1. The average molecular weight is 337 g/mol. The molecule has 0 saturated carbocycles. The molecule has 3 rings (SSSR count). The zero-order valence-electron chi connectivity index (χ0n) is 12.8. The zero-order chi connectivity index (χ0) is 16.4. The molecule has 2 heterocycles. The highest BCUT2D eigenvalue weighted by Gasteiger charge is 2.28. The van der Waals surface area contributed by atoms with Crippen molar-refractivity contribution in [2.45, 2.75) is 12.8 Å². The highest BCUT2D eigenvalue weighted by atomic mass is 32.2. The van der Waals surface area contributed by atoms with Crippen molar-refractivity contribution in [1.82, 2.24) is 5.32 Å². The van der Waals surface area contributed by atoms with Crippen LogP contribution in [0.1, 0.15) is 12.8 Å². The van der Waals surface area contributed by atoms with Crippen molar-refractivity contribution in [3.8, 4) is 5.75 Å². The number of carbonyl (C=O) groups is 1. The average Bonchev–Trinajstić information content (AvgIpc) is 2.92. The van der Waals surface area contributed by atoms with Crippen LogP contribution in [0.4, 0.5) is 11.4 Å². The molecule has 2 N–H and O–H groups in total. The van der Waals surface area contributed by atoms with Crippen LogP contribution in [0, 0.1) is 0 Å². The van der Waals surface area contributed by atoms with Gasteiger partial charge in [-0.2, -0.15) is 0 Å². The van der Waals surface area contributed by atoms with Gasteiger partial charge in [0.1, 0.15) is 5.75 Å². The van der Waals surface area contributed by atoms with Crippen LogP contribution in [0.2, 0.25) is 0 Å². The molecule has 0 spiro atoms. The lowest BCUT2D eigenvalue weighted by Gasteiger charge is -2.29. The van der Waals surface area contributed by atoms with E-state index in [-0.39, 0.29) is 11.7 Å². The van der Waals surface area contributed by atoms with Crippen LogP contribution in [-0.2, 0) is 14.8 Å². The van der Waals surface area contributed by atoms with Gasteiger partial charge in [0.05, 0.1) is 25.1 Å². The van der Waals surface area contributed by atoms with Gasteiger partial charge in [-0.3, -0.25) is 9.10 Å². The Balaban J connectivity index is 1.88. The Labute approximate surface area is 135 Å². The van der Waals surface area contributed by atoms with Gasteiger partial charge in [0.2, 0.25) is 15.9 Å². The summed E-state index contributed by atoms with van der Waals surface area (Å²) >= 11 is 0. The van der Waals surface area contributed by atoms with Crippen molar-refractivity contribution in [3.05, 3.63) is 30.0 Å². The van der Waals surface area contributed by atoms with Gasteiger partial charge >= 0.3 is 0 Å². The molecule has 1 amide bonds. The SMILES string of the molecule is COc1cc(NC2=CC(=O)NC2)ccc1N1CCCCS1(=O)=O. The molecule has 8 heteroatoms. The molecule has 0 aromatic heterocycles. The number of hydrogen-bond donors (Lipinski definition) is 2. The third-order valence-electron chi connectivity index (χ3n) is 3.86. The molecule has 0 atom stereocenters. The minimum atomic E-state index is -3.28. The Morgan fingerprint density at radius 2 is 2.13 bits per heavy atom. The van der Waals surface area contributed by atoms with Crippen LogP contribution in [-0.4, -0.2) is 40.3 Å². The third-order valence-corrected chi connectivity index (χ3v) is 5.72. The van der Waals surface area contributed by atoms with E-state index in [0.29, 0.717) is 30.9 Å². The van der Waals surface area contributed by atoms with Crippen LogP contribution in [0.25, 0.3) is 0 Å². The molecule has 1 aromatic carbocycles. The summed E-state index contributed by atoms with van der Waals surface area (Å²) in [5.41, 5.74) is 2.05. The zero-order valence-corrected chi connectivity index (χ0v) is 13.6. The fourth-order valence-corrected chi connectivity index (χ4v) is 4.38. The van der Waals surface area contributed by atoms with Crippen LogP contribution >= 0.6 is 0 Å². The van der Waals surface area contributed by atoms with Gasteiger partial charge in [0.15, 0.2) is 0 Å². The molecule has 0 unspecified atom stereocenters. The highest BCUT2D eigenvalue weighted by molar-refractivity contribution is 7.92. The number of rotatable bonds is 4. The van der Waals surface area contributed by atoms with Crippen molar-refractivity contribution < 1.29 is 17.9 Å². The van der Waals surface area contributed by atoms with E-state index in [4.69, 9.17) is 4.74 Å². The lowest BCUT2D eigenvalue weighted by Crippen LogP contribution is -2.38. The molecular weight excluding hydrogens is 318 g/mol. The molecule has 7 nitrogen and oxygen atoms in total. The quantitative estimate of drug-likeness (QED) is 0.857. The first-order valence-electron chi connectivity index (χ1n) is 7.43. The topological polar surface area (TPSA) is 87.7 Å². The van der Waals surface area contributed by atoms with Gasteiger partial charge in [-0.15, -0.1) is 0 Å². The van der Waals surface area contributed by atoms with Crippen LogP contribution in [0.15, 0.2) is 30.0 Å². The van der Waals surface area contributed by atoms with E-state index in [9.17, 15) is 13.2 Å². The van der Waals surface area contributed by atoms with Crippen molar-refractivity contribution in [1.29, 1.82) is 0 Å². The summed E-state index contributed by atoms with van der Waals surface area (Å²) in [6, 6.07) is 5.25. The largest absolute Gasteiger partial charge is 0.494 e. The fraction of sp³-hybridized carbons (Fsp3) is 0.400. The number of anilines is 2. The van der Waals surface area contributed by atoms with Gasteiger partial charge in [0, 0.05) is 30.1 Å². The van der Waals surface area contributed by atoms with Gasteiger partial charge in [-0.1, -0.05) is 0 Å². The fourth-order valence-electron chi connectivity index (χ4n) is 2.73. The minimum absolute atomic E-state index is 0.129. The van der Waals surface area contributed by atoms with E-state index in [2.05, 4.69) is 10.6 Å². The van der Waals surface area contributed by atoms with Crippen molar-refractivity contribution >= 4 is 27.3 Å². The maximum Gasteiger partial charge on any atom is 0.246 e. The second-order valence-corrected chi connectivity index (χ2v) is 7.51. The smallest absolute Gasteiger partial charge is 0.246 e. The summed E-state index contributed by atoms with van der Waals surface area (Å²) in [5, 5.41) is 5.81. The number of hydrogen-bond acceptors (Lipinski definition) is 5. The van der Waals surface area contributed by atoms with Crippen molar-refractivity contribution in [3.63, 3.8) is 0 Å². The Morgan fingerprint density at radius 1 is 1.30 bits per heavy atom. The van der Waals surface area contributed by atoms with Crippen molar-refractivity contribution in [2.24, 2.45) is 0 Å². The number of benzene rings is 1. The first-order valence-corrected chi connectivity index (χ1v) is 9.04. The minimum Gasteiger partial charge on any atom is -0.494 e. The number of carbonyl (C=O) groups excluding carboxylic acids is 1. The summed E-state index contributed by atoms with van der Waals surface area (Å²) in [6.45, 7) is 0.915. The Kier molecular flexibility index (Phi) is 4.16. The van der Waals surface area contributed by atoms with Gasteiger partial charge in [0.25, 0.3) is 0 Å². The molecule has 0 bridgehead atoms. The number of ether oxygens (including phenoxy) is 1. The summed E-state index contributed by atoms with van der Waals surface area (Å²) in [4.78, 5) is 11.2. The Bertz CT molecular complexity index is 758. The second kappa shape index (κ2) is 6.11. The predicted octanol–water partition coefficient (Wildman–Crippen LogP) is 1.05. The molecule has 2 aliphatic rings. The number of sulfonamides is 1. The van der Waals surface area contributed by atoms with E-state index in [1.54, 1.807) is 18.2 Å². The molecule has 1 aromatic rings. The third kappa shape index (κ3) is 3.26. The lowest BCUT2D eigenvalue weighted by molar-refractivity contribution is -0.115. The second-order valence-electron chi connectivity index (χ2n) is 5.49. The summed E-state index contributed by atoms with van der Waals surface area (Å²) < 4.78 is 31.3. The summed E-state index contributed by atoms with van der Waals surface area (Å²) in [7, 11) is -1.77. The van der Waals surface area contributed by atoms with Crippen LogP contribution < -0.4 is 19.7 Å². The first-order chi connectivity index (χ1) is 11.0. The van der Waals surface area contributed by atoms with Crippen LogP contribution in [0.5, 0.6) is 5.75 Å². The van der Waals surface area contributed by atoms with E-state index in [1.807, 2.05) is 0 Å². The molecule has 1 saturated heterocycles.